The summed E-state index contributed by atoms with van der Waals surface area (Å²) in [7, 11) is -3.55. The predicted octanol–water partition coefficient (Wildman–Crippen LogP) is 1.09. The van der Waals surface area contributed by atoms with Gasteiger partial charge in [-0.3, -0.25) is 0 Å². The molecule has 19 heavy (non-hydrogen) atoms. The van der Waals surface area contributed by atoms with Crippen molar-refractivity contribution < 1.29 is 17.6 Å². The Kier molecular flexibility index (Phi) is 5.99. The van der Waals surface area contributed by atoms with Crippen molar-refractivity contribution in [2.45, 2.75) is 32.2 Å². The third-order valence-electron chi connectivity index (χ3n) is 2.78. The Balaban J connectivity index is 2.96. The van der Waals surface area contributed by atoms with E-state index in [1.54, 1.807) is 13.8 Å². The van der Waals surface area contributed by atoms with Gasteiger partial charge in [-0.05, 0) is 13.8 Å². The lowest BCUT2D eigenvalue weighted by Gasteiger charge is -2.19. The number of sulfonamides is 1. The van der Waals surface area contributed by atoms with Gasteiger partial charge in [-0.25, -0.2) is 8.42 Å². The molecule has 6 nitrogen and oxygen atoms in total. The smallest absolute Gasteiger partial charge is 0.246 e. The van der Waals surface area contributed by atoms with Gasteiger partial charge in [-0.2, -0.15) is 4.31 Å². The maximum absolute atomic E-state index is 12.5. The number of hydrogen-bond acceptors (Lipinski definition) is 5. The van der Waals surface area contributed by atoms with Crippen LogP contribution in [0.15, 0.2) is 15.4 Å². The van der Waals surface area contributed by atoms with E-state index in [1.807, 2.05) is 6.92 Å². The van der Waals surface area contributed by atoms with Gasteiger partial charge in [0.25, 0.3) is 0 Å². The minimum absolute atomic E-state index is 0.182. The van der Waals surface area contributed by atoms with Crippen LogP contribution in [0.5, 0.6) is 0 Å². The van der Waals surface area contributed by atoms with Crippen LogP contribution >= 0.6 is 0 Å². The van der Waals surface area contributed by atoms with Crippen LogP contribution in [-0.4, -0.2) is 39.0 Å². The largest absolute Gasteiger partial charge is 0.464 e. The maximum atomic E-state index is 12.5. The van der Waals surface area contributed by atoms with Gasteiger partial charge < -0.3 is 14.9 Å². The molecule has 0 aliphatic rings. The van der Waals surface area contributed by atoms with Gasteiger partial charge in [0.2, 0.25) is 10.0 Å². The zero-order valence-electron chi connectivity index (χ0n) is 11.7. The van der Waals surface area contributed by atoms with Crippen LogP contribution in [0.1, 0.15) is 25.4 Å². The summed E-state index contributed by atoms with van der Waals surface area (Å²) in [5, 5.41) is 0. The van der Waals surface area contributed by atoms with Gasteiger partial charge in [0.1, 0.15) is 16.4 Å². The molecule has 0 aliphatic carbocycles. The number of rotatable bonds is 8. The highest BCUT2D eigenvalue weighted by Crippen LogP contribution is 2.23. The second-order valence-corrected chi connectivity index (χ2v) is 5.94. The first-order valence-electron chi connectivity index (χ1n) is 6.34. The molecule has 1 aromatic rings. The number of likely N-dealkylation sites (N-methyl/N-ethyl adjacent to an activating group) is 1. The zero-order valence-corrected chi connectivity index (χ0v) is 12.5. The van der Waals surface area contributed by atoms with Crippen molar-refractivity contribution in [2.75, 3.05) is 26.3 Å². The standard InChI is InChI=1S/C12H22N2O4S/c1-4-14(6-7-17-5-2)19(15,16)12-8-11(9-13)18-10(12)3/h8H,4-7,9,13H2,1-3H3. The SMILES string of the molecule is CCOCCN(CC)S(=O)(=O)c1cc(CN)oc1C. The molecule has 0 amide bonds. The van der Waals surface area contributed by atoms with Crippen LogP contribution in [0.25, 0.3) is 0 Å². The summed E-state index contributed by atoms with van der Waals surface area (Å²) in [6.45, 7) is 7.14. The molecule has 0 aliphatic heterocycles. The van der Waals surface area contributed by atoms with Gasteiger partial charge >= 0.3 is 0 Å². The van der Waals surface area contributed by atoms with Gasteiger partial charge in [0, 0.05) is 25.8 Å². The van der Waals surface area contributed by atoms with E-state index in [2.05, 4.69) is 0 Å². The summed E-state index contributed by atoms with van der Waals surface area (Å²) in [5.41, 5.74) is 5.46. The van der Waals surface area contributed by atoms with Gasteiger partial charge in [-0.1, -0.05) is 6.92 Å². The van der Waals surface area contributed by atoms with Crippen LogP contribution in [0, 0.1) is 6.92 Å². The molecule has 0 atom stereocenters. The summed E-state index contributed by atoms with van der Waals surface area (Å²) in [4.78, 5) is 0.186. The topological polar surface area (TPSA) is 85.8 Å². The fraction of sp³-hybridized carbons (Fsp3) is 0.667. The number of nitrogens with two attached hydrogens (primary N) is 1. The predicted molar refractivity (Wildman–Crippen MR) is 72.3 cm³/mol. The number of aryl methyl sites for hydroxylation is 1. The molecule has 1 rings (SSSR count). The molecule has 0 bridgehead atoms. The van der Waals surface area contributed by atoms with E-state index >= 15 is 0 Å². The van der Waals surface area contributed by atoms with E-state index in [9.17, 15) is 8.42 Å². The van der Waals surface area contributed by atoms with E-state index in [0.717, 1.165) is 0 Å². The molecule has 1 aromatic heterocycles. The summed E-state index contributed by atoms with van der Waals surface area (Å²) in [5.74, 6) is 0.840. The van der Waals surface area contributed by atoms with Crippen molar-refractivity contribution in [1.29, 1.82) is 0 Å². The van der Waals surface area contributed by atoms with Crippen LogP contribution in [0.4, 0.5) is 0 Å². The second kappa shape index (κ2) is 7.04. The van der Waals surface area contributed by atoms with Crippen LogP contribution in [0.3, 0.4) is 0 Å². The second-order valence-electron chi connectivity index (χ2n) is 4.03. The molecule has 7 heteroatoms. The summed E-state index contributed by atoms with van der Waals surface area (Å²) in [6, 6.07) is 1.49. The highest BCUT2D eigenvalue weighted by molar-refractivity contribution is 7.89. The molecule has 2 N–H and O–H groups in total. The van der Waals surface area contributed by atoms with E-state index in [0.29, 0.717) is 37.8 Å². The molecule has 0 radical (unpaired) electrons. The first-order chi connectivity index (χ1) is 8.97. The normalized spacial score (nSPS) is 12.3. The van der Waals surface area contributed by atoms with Crippen LogP contribution in [-0.2, 0) is 21.3 Å². The number of furan rings is 1. The lowest BCUT2D eigenvalue weighted by molar-refractivity contribution is 0.135. The van der Waals surface area contributed by atoms with Crippen molar-refractivity contribution in [2.24, 2.45) is 5.73 Å². The Hall–Kier alpha value is -0.890. The van der Waals surface area contributed by atoms with E-state index in [-0.39, 0.29) is 11.4 Å². The molecule has 0 saturated heterocycles. The quantitative estimate of drug-likeness (QED) is 0.724. The first kappa shape index (κ1) is 16.2. The van der Waals surface area contributed by atoms with Crippen molar-refractivity contribution in [3.8, 4) is 0 Å². The van der Waals surface area contributed by atoms with Crippen molar-refractivity contribution in [3.05, 3.63) is 17.6 Å². The molecular weight excluding hydrogens is 268 g/mol. The van der Waals surface area contributed by atoms with Crippen molar-refractivity contribution >= 4 is 10.0 Å². The number of ether oxygens (including phenoxy) is 1. The summed E-state index contributed by atoms with van der Waals surface area (Å²) in [6.07, 6.45) is 0. The minimum atomic E-state index is -3.55. The summed E-state index contributed by atoms with van der Waals surface area (Å²) >= 11 is 0. The zero-order chi connectivity index (χ0) is 14.5. The third kappa shape index (κ3) is 3.79. The van der Waals surface area contributed by atoms with Gasteiger partial charge in [0.15, 0.2) is 0 Å². The molecule has 1 heterocycles. The minimum Gasteiger partial charge on any atom is -0.464 e. The highest BCUT2D eigenvalue weighted by Gasteiger charge is 2.27. The van der Waals surface area contributed by atoms with Gasteiger partial charge in [-0.15, -0.1) is 0 Å². The Bertz CT molecular complexity index is 496. The van der Waals surface area contributed by atoms with Crippen LogP contribution < -0.4 is 5.73 Å². The number of hydrogen-bond donors (Lipinski definition) is 1. The van der Waals surface area contributed by atoms with Crippen LogP contribution in [0.2, 0.25) is 0 Å². The molecule has 0 saturated carbocycles. The third-order valence-corrected chi connectivity index (χ3v) is 4.87. The first-order valence-corrected chi connectivity index (χ1v) is 7.78. The Morgan fingerprint density at radius 3 is 2.58 bits per heavy atom. The van der Waals surface area contributed by atoms with Gasteiger partial charge in [0.05, 0.1) is 13.2 Å². The number of nitrogens with zero attached hydrogens (tertiary/aromatic N) is 1. The van der Waals surface area contributed by atoms with Crippen molar-refractivity contribution in [1.82, 2.24) is 4.31 Å². The monoisotopic (exact) mass is 290 g/mol. The lowest BCUT2D eigenvalue weighted by atomic mass is 10.4. The lowest BCUT2D eigenvalue weighted by Crippen LogP contribution is -2.34. The van der Waals surface area contributed by atoms with E-state index < -0.39 is 10.0 Å². The highest BCUT2D eigenvalue weighted by atomic mass is 32.2. The van der Waals surface area contributed by atoms with E-state index in [1.165, 1.54) is 10.4 Å². The average Bonchev–Trinajstić information content (AvgIpc) is 2.76. The Morgan fingerprint density at radius 2 is 2.11 bits per heavy atom. The fourth-order valence-electron chi connectivity index (χ4n) is 1.78. The fourth-order valence-corrected chi connectivity index (χ4v) is 3.40. The molecule has 0 aromatic carbocycles. The molecule has 110 valence electrons. The maximum Gasteiger partial charge on any atom is 0.246 e. The average molecular weight is 290 g/mol. The molecular formula is C12H22N2O4S. The summed E-state index contributed by atoms with van der Waals surface area (Å²) < 4.78 is 36.8. The Labute approximate surface area is 114 Å². The molecule has 0 unspecified atom stereocenters. The Morgan fingerprint density at radius 1 is 1.42 bits per heavy atom. The molecule has 0 fully saturated rings. The molecule has 0 spiro atoms. The van der Waals surface area contributed by atoms with E-state index in [4.69, 9.17) is 14.9 Å². The van der Waals surface area contributed by atoms with Crippen molar-refractivity contribution in [3.63, 3.8) is 0 Å².